The molecule has 31 heavy (non-hydrogen) atoms. The summed E-state index contributed by atoms with van der Waals surface area (Å²) < 4.78 is 51.9. The summed E-state index contributed by atoms with van der Waals surface area (Å²) >= 11 is 0. The summed E-state index contributed by atoms with van der Waals surface area (Å²) in [6.07, 6.45) is -11.1. The average Bonchev–Trinajstić information content (AvgIpc) is 2.68. The minimum Gasteiger partial charge on any atom is -0.481 e. The summed E-state index contributed by atoms with van der Waals surface area (Å²) in [5.41, 5.74) is -6.29. The standard InChI is InChI=1S/C20H25F3O8/c1-4-18(5-2,16(27)28)15(13(24)11-14(25)26)31-17(29)19(30-3,20(21,22)23)12-9-7-6-8-10-12/h6-10,13,15,24H,4-5,11H2,1-3H3,(H,25,26)(H,27,28). The molecule has 0 aliphatic heterocycles. The first-order valence-electron chi connectivity index (χ1n) is 9.35. The third-order valence-corrected chi connectivity index (χ3v) is 5.37. The van der Waals surface area contributed by atoms with E-state index in [2.05, 4.69) is 4.74 Å². The van der Waals surface area contributed by atoms with Crippen LogP contribution in [0.15, 0.2) is 30.3 Å². The number of benzene rings is 1. The minimum atomic E-state index is -5.33. The van der Waals surface area contributed by atoms with Crippen molar-refractivity contribution in [3.05, 3.63) is 35.9 Å². The van der Waals surface area contributed by atoms with Gasteiger partial charge < -0.3 is 24.8 Å². The Morgan fingerprint density at radius 1 is 1.03 bits per heavy atom. The fourth-order valence-corrected chi connectivity index (χ4v) is 3.51. The molecule has 0 amide bonds. The Balaban J connectivity index is 3.63. The third-order valence-electron chi connectivity index (χ3n) is 5.37. The van der Waals surface area contributed by atoms with E-state index in [1.54, 1.807) is 0 Å². The zero-order valence-corrected chi connectivity index (χ0v) is 17.2. The number of carbonyl (C=O) groups is 3. The van der Waals surface area contributed by atoms with Crippen LogP contribution >= 0.6 is 0 Å². The number of ether oxygens (including phenoxy) is 2. The Morgan fingerprint density at radius 2 is 1.55 bits per heavy atom. The van der Waals surface area contributed by atoms with E-state index in [-0.39, 0.29) is 12.8 Å². The zero-order valence-electron chi connectivity index (χ0n) is 17.2. The van der Waals surface area contributed by atoms with E-state index in [1.165, 1.54) is 32.0 Å². The number of carbonyl (C=O) groups excluding carboxylic acids is 1. The molecule has 0 fully saturated rings. The number of hydrogen-bond donors (Lipinski definition) is 3. The maximum atomic E-state index is 14.1. The van der Waals surface area contributed by atoms with E-state index in [1.807, 2.05) is 0 Å². The van der Waals surface area contributed by atoms with E-state index in [0.29, 0.717) is 7.11 Å². The van der Waals surface area contributed by atoms with Crippen molar-refractivity contribution < 1.29 is 52.3 Å². The van der Waals surface area contributed by atoms with E-state index in [0.717, 1.165) is 12.1 Å². The van der Waals surface area contributed by atoms with Gasteiger partial charge in [0.1, 0.15) is 17.6 Å². The number of rotatable bonds is 11. The van der Waals surface area contributed by atoms with Crippen LogP contribution in [0.1, 0.15) is 38.7 Å². The van der Waals surface area contributed by atoms with Crippen molar-refractivity contribution in [3.8, 4) is 0 Å². The van der Waals surface area contributed by atoms with Gasteiger partial charge in [-0.3, -0.25) is 9.59 Å². The molecule has 0 aliphatic carbocycles. The third kappa shape index (κ3) is 4.99. The molecule has 0 heterocycles. The number of alkyl halides is 3. The minimum absolute atomic E-state index is 0.259. The molecular weight excluding hydrogens is 425 g/mol. The zero-order chi connectivity index (χ0) is 24.0. The Hall–Kier alpha value is -2.66. The molecule has 3 N–H and O–H groups in total. The predicted octanol–water partition coefficient (Wildman–Crippen LogP) is 2.73. The van der Waals surface area contributed by atoms with E-state index >= 15 is 0 Å². The van der Waals surface area contributed by atoms with Crippen molar-refractivity contribution in [2.24, 2.45) is 5.41 Å². The van der Waals surface area contributed by atoms with Crippen molar-refractivity contribution in [2.45, 2.75) is 57.1 Å². The van der Waals surface area contributed by atoms with E-state index in [9.17, 15) is 37.8 Å². The van der Waals surface area contributed by atoms with Crippen LogP contribution < -0.4 is 0 Å². The van der Waals surface area contributed by atoms with E-state index in [4.69, 9.17) is 9.84 Å². The topological polar surface area (TPSA) is 130 Å². The largest absolute Gasteiger partial charge is 0.481 e. The lowest BCUT2D eigenvalue weighted by Crippen LogP contribution is -2.57. The first-order chi connectivity index (χ1) is 14.3. The summed E-state index contributed by atoms with van der Waals surface area (Å²) in [6, 6.07) is 5.84. The highest BCUT2D eigenvalue weighted by molar-refractivity contribution is 5.84. The van der Waals surface area contributed by atoms with Gasteiger partial charge in [-0.05, 0) is 12.8 Å². The highest BCUT2D eigenvalue weighted by atomic mass is 19.4. The molecule has 0 saturated heterocycles. The van der Waals surface area contributed by atoms with Crippen LogP contribution in [-0.4, -0.2) is 58.7 Å². The first-order valence-corrected chi connectivity index (χ1v) is 9.35. The normalized spacial score (nSPS) is 16.1. The molecule has 1 aromatic rings. The van der Waals surface area contributed by atoms with Gasteiger partial charge in [0.2, 0.25) is 0 Å². The first kappa shape index (κ1) is 26.4. The maximum Gasteiger partial charge on any atom is 0.432 e. The summed E-state index contributed by atoms with van der Waals surface area (Å²) in [5, 5.41) is 29.0. The molecule has 0 bridgehead atoms. The van der Waals surface area contributed by atoms with Crippen LogP contribution in [0, 0.1) is 5.41 Å². The molecule has 174 valence electrons. The molecule has 0 aromatic heterocycles. The van der Waals surface area contributed by atoms with Crippen LogP contribution in [0.25, 0.3) is 0 Å². The van der Waals surface area contributed by atoms with Gasteiger partial charge in [0.15, 0.2) is 0 Å². The molecule has 3 atom stereocenters. The van der Waals surface area contributed by atoms with Crippen LogP contribution in [0.3, 0.4) is 0 Å². The number of aliphatic carboxylic acids is 2. The van der Waals surface area contributed by atoms with Crippen molar-refractivity contribution in [1.29, 1.82) is 0 Å². The molecule has 0 radical (unpaired) electrons. The quantitative estimate of drug-likeness (QED) is 0.439. The van der Waals surface area contributed by atoms with Crippen LogP contribution in [0.4, 0.5) is 13.2 Å². The number of carboxylic acids is 2. The summed E-state index contributed by atoms with van der Waals surface area (Å²) in [7, 11) is 0.633. The molecule has 0 saturated carbocycles. The van der Waals surface area contributed by atoms with Gasteiger partial charge in [-0.25, -0.2) is 4.79 Å². The second-order valence-corrected chi connectivity index (χ2v) is 6.91. The Kier molecular flexibility index (Phi) is 8.59. The monoisotopic (exact) mass is 450 g/mol. The lowest BCUT2D eigenvalue weighted by molar-refractivity contribution is -0.282. The van der Waals surface area contributed by atoms with Gasteiger partial charge >= 0.3 is 24.1 Å². The number of methoxy groups -OCH3 is 1. The molecular formula is C20H25F3O8. The molecule has 0 aliphatic rings. The van der Waals surface area contributed by atoms with Crippen molar-refractivity contribution in [1.82, 2.24) is 0 Å². The number of halogens is 3. The summed E-state index contributed by atoms with van der Waals surface area (Å²) in [6.45, 7) is 2.74. The molecule has 3 unspecified atom stereocenters. The van der Waals surface area contributed by atoms with Crippen LogP contribution in [0.2, 0.25) is 0 Å². The SMILES string of the molecule is CCC(CC)(C(=O)O)C(OC(=O)C(OC)(c1ccccc1)C(F)(F)F)C(O)CC(=O)O. The van der Waals surface area contributed by atoms with Gasteiger partial charge in [0.05, 0.1) is 6.42 Å². The van der Waals surface area contributed by atoms with Gasteiger partial charge in [0.25, 0.3) is 5.60 Å². The molecule has 1 rings (SSSR count). The highest BCUT2D eigenvalue weighted by Crippen LogP contribution is 2.45. The number of aliphatic hydroxyl groups is 1. The van der Waals surface area contributed by atoms with E-state index < -0.39 is 59.3 Å². The Labute approximate surface area is 176 Å². The number of esters is 1. The number of carboxylic acid groups (broad SMARTS) is 2. The van der Waals surface area contributed by atoms with Crippen LogP contribution in [0.5, 0.6) is 0 Å². The predicted molar refractivity (Wildman–Crippen MR) is 100.0 cm³/mol. The lowest BCUT2D eigenvalue weighted by atomic mass is 9.74. The number of hydrogen-bond acceptors (Lipinski definition) is 6. The molecule has 1 aromatic carbocycles. The van der Waals surface area contributed by atoms with Crippen molar-refractivity contribution in [3.63, 3.8) is 0 Å². The highest BCUT2D eigenvalue weighted by Gasteiger charge is 2.65. The summed E-state index contributed by atoms with van der Waals surface area (Å²) in [4.78, 5) is 36.0. The Bertz CT molecular complexity index is 776. The number of aliphatic hydroxyl groups excluding tert-OH is 1. The van der Waals surface area contributed by atoms with Gasteiger partial charge in [-0.1, -0.05) is 44.2 Å². The van der Waals surface area contributed by atoms with Crippen LogP contribution in [-0.2, 0) is 29.5 Å². The summed E-state index contributed by atoms with van der Waals surface area (Å²) in [5.74, 6) is -5.14. The molecule has 0 spiro atoms. The molecule has 8 nitrogen and oxygen atoms in total. The van der Waals surface area contributed by atoms with Crippen molar-refractivity contribution in [2.75, 3.05) is 7.11 Å². The molecule has 11 heteroatoms. The van der Waals surface area contributed by atoms with Gasteiger partial charge in [0, 0.05) is 12.7 Å². The van der Waals surface area contributed by atoms with Gasteiger partial charge in [-0.15, -0.1) is 0 Å². The average molecular weight is 450 g/mol. The van der Waals surface area contributed by atoms with Gasteiger partial charge in [-0.2, -0.15) is 13.2 Å². The maximum absolute atomic E-state index is 14.1. The lowest BCUT2D eigenvalue weighted by Gasteiger charge is -2.40. The second-order valence-electron chi connectivity index (χ2n) is 6.91. The smallest absolute Gasteiger partial charge is 0.432 e. The Morgan fingerprint density at radius 3 is 1.90 bits per heavy atom. The fraction of sp³-hybridized carbons (Fsp3) is 0.550. The van der Waals surface area contributed by atoms with Crippen molar-refractivity contribution >= 4 is 17.9 Å². The fourth-order valence-electron chi connectivity index (χ4n) is 3.51. The second kappa shape index (κ2) is 10.1.